The number of rotatable bonds is 6. The number of thiophene rings is 1. The van der Waals surface area contributed by atoms with Crippen molar-refractivity contribution < 1.29 is 4.42 Å². The highest BCUT2D eigenvalue weighted by Crippen LogP contribution is 2.50. The third kappa shape index (κ3) is 5.24. The van der Waals surface area contributed by atoms with E-state index in [1.165, 1.54) is 53.2 Å². The number of fused-ring (bicyclic) bond motifs is 8. The van der Waals surface area contributed by atoms with Crippen molar-refractivity contribution in [2.24, 2.45) is 0 Å². The van der Waals surface area contributed by atoms with Crippen molar-refractivity contribution in [2.75, 3.05) is 4.90 Å². The molecular formula is C52H33NOS. The molecule has 258 valence electrons. The molecule has 2 heterocycles. The average molecular weight is 720 g/mol. The van der Waals surface area contributed by atoms with Gasteiger partial charge in [-0.1, -0.05) is 152 Å². The van der Waals surface area contributed by atoms with Gasteiger partial charge in [-0.2, -0.15) is 0 Å². The van der Waals surface area contributed by atoms with Crippen LogP contribution in [0.25, 0.3) is 86.3 Å². The predicted molar refractivity (Wildman–Crippen MR) is 235 cm³/mol. The van der Waals surface area contributed by atoms with E-state index in [1.54, 1.807) is 0 Å². The molecule has 0 radical (unpaired) electrons. The molecule has 0 bridgehead atoms. The standard InChI is InChI=1S/C52H33NOS/c1-3-12-34(13-4-1)35-22-27-39(28-23-35)53(40-29-24-38(25-30-40)43-19-11-20-45-44-18-9-10-21-48(44)55-52(43)45)51-42(36-14-5-2-6-15-36)31-33-47-50(51)49-41-17-8-7-16-37(41)26-32-46(49)54-47/h1-33H. The fourth-order valence-electron chi connectivity index (χ4n) is 8.30. The lowest BCUT2D eigenvalue weighted by atomic mass is 9.95. The van der Waals surface area contributed by atoms with Gasteiger partial charge in [-0.3, -0.25) is 0 Å². The molecule has 55 heavy (non-hydrogen) atoms. The summed E-state index contributed by atoms with van der Waals surface area (Å²) in [7, 11) is 0. The summed E-state index contributed by atoms with van der Waals surface area (Å²) in [6.07, 6.45) is 0. The minimum absolute atomic E-state index is 0.861. The van der Waals surface area contributed by atoms with Crippen molar-refractivity contribution >= 4 is 81.3 Å². The largest absolute Gasteiger partial charge is 0.456 e. The summed E-state index contributed by atoms with van der Waals surface area (Å²) in [5.74, 6) is 0. The summed E-state index contributed by atoms with van der Waals surface area (Å²) in [5.41, 5.74) is 12.1. The Morgan fingerprint density at radius 3 is 1.69 bits per heavy atom. The molecule has 0 aliphatic heterocycles. The van der Waals surface area contributed by atoms with Gasteiger partial charge in [0.15, 0.2) is 0 Å². The van der Waals surface area contributed by atoms with Crippen LogP contribution >= 0.6 is 11.3 Å². The van der Waals surface area contributed by atoms with E-state index in [-0.39, 0.29) is 0 Å². The van der Waals surface area contributed by atoms with Crippen molar-refractivity contribution in [3.63, 3.8) is 0 Å². The van der Waals surface area contributed by atoms with Crippen molar-refractivity contribution in [2.45, 2.75) is 0 Å². The molecule has 3 heteroatoms. The van der Waals surface area contributed by atoms with Crippen molar-refractivity contribution in [3.8, 4) is 33.4 Å². The number of furan rings is 1. The summed E-state index contributed by atoms with van der Waals surface area (Å²) in [6.45, 7) is 0. The Morgan fingerprint density at radius 2 is 0.927 bits per heavy atom. The van der Waals surface area contributed by atoms with Gasteiger partial charge < -0.3 is 9.32 Å². The van der Waals surface area contributed by atoms with Gasteiger partial charge in [0.05, 0.1) is 11.1 Å². The molecule has 0 spiro atoms. The first-order valence-electron chi connectivity index (χ1n) is 18.7. The monoisotopic (exact) mass is 719 g/mol. The number of benzene rings is 9. The zero-order valence-electron chi connectivity index (χ0n) is 29.8. The van der Waals surface area contributed by atoms with E-state index in [9.17, 15) is 0 Å². The Labute approximate surface area is 322 Å². The van der Waals surface area contributed by atoms with E-state index in [0.717, 1.165) is 50.1 Å². The molecule has 0 fully saturated rings. The molecule has 2 nitrogen and oxygen atoms in total. The molecule has 0 amide bonds. The van der Waals surface area contributed by atoms with E-state index in [1.807, 2.05) is 11.3 Å². The second kappa shape index (κ2) is 12.9. The second-order valence-electron chi connectivity index (χ2n) is 14.0. The molecule has 2 aromatic heterocycles. The summed E-state index contributed by atoms with van der Waals surface area (Å²) in [4.78, 5) is 2.43. The summed E-state index contributed by atoms with van der Waals surface area (Å²) < 4.78 is 9.34. The minimum atomic E-state index is 0.861. The summed E-state index contributed by atoms with van der Waals surface area (Å²) >= 11 is 1.87. The Hall–Kier alpha value is -6.94. The number of hydrogen-bond acceptors (Lipinski definition) is 3. The van der Waals surface area contributed by atoms with Crippen LogP contribution in [0.15, 0.2) is 205 Å². The van der Waals surface area contributed by atoms with Crippen LogP contribution in [0.5, 0.6) is 0 Å². The van der Waals surface area contributed by atoms with Gasteiger partial charge in [0, 0.05) is 42.5 Å². The fourth-order valence-corrected chi connectivity index (χ4v) is 9.54. The van der Waals surface area contributed by atoms with Crippen LogP contribution in [0.1, 0.15) is 0 Å². The first kappa shape index (κ1) is 31.6. The first-order valence-corrected chi connectivity index (χ1v) is 19.5. The molecule has 0 N–H and O–H groups in total. The van der Waals surface area contributed by atoms with E-state index < -0.39 is 0 Å². The normalized spacial score (nSPS) is 11.6. The highest BCUT2D eigenvalue weighted by atomic mass is 32.1. The Balaban J connectivity index is 1.18. The number of hydrogen-bond donors (Lipinski definition) is 0. The van der Waals surface area contributed by atoms with Crippen LogP contribution in [0.2, 0.25) is 0 Å². The summed E-state index contributed by atoms with van der Waals surface area (Å²) in [6, 6.07) is 72.1. The lowest BCUT2D eigenvalue weighted by Gasteiger charge is -2.29. The zero-order chi connectivity index (χ0) is 36.3. The maximum Gasteiger partial charge on any atom is 0.137 e. The van der Waals surface area contributed by atoms with Gasteiger partial charge in [0.1, 0.15) is 11.2 Å². The lowest BCUT2D eigenvalue weighted by Crippen LogP contribution is -2.12. The first-order chi connectivity index (χ1) is 27.3. The van der Waals surface area contributed by atoms with Crippen LogP contribution in [0.3, 0.4) is 0 Å². The zero-order valence-corrected chi connectivity index (χ0v) is 30.6. The maximum atomic E-state index is 6.71. The molecule has 0 saturated carbocycles. The molecule has 0 atom stereocenters. The van der Waals surface area contributed by atoms with E-state index in [4.69, 9.17) is 4.42 Å². The molecular weight excluding hydrogens is 687 g/mol. The van der Waals surface area contributed by atoms with Gasteiger partial charge in [0.2, 0.25) is 0 Å². The van der Waals surface area contributed by atoms with E-state index in [0.29, 0.717) is 0 Å². The molecule has 11 rings (SSSR count). The Kier molecular flexibility index (Phi) is 7.39. The smallest absolute Gasteiger partial charge is 0.137 e. The van der Waals surface area contributed by atoms with Crippen molar-refractivity contribution in [1.82, 2.24) is 0 Å². The van der Waals surface area contributed by atoms with Crippen molar-refractivity contribution in [1.29, 1.82) is 0 Å². The van der Waals surface area contributed by atoms with Crippen LogP contribution < -0.4 is 4.90 Å². The summed E-state index contributed by atoms with van der Waals surface area (Å²) in [5, 5.41) is 7.20. The Morgan fingerprint density at radius 1 is 0.364 bits per heavy atom. The molecule has 0 saturated heterocycles. The fraction of sp³-hybridized carbons (Fsp3) is 0. The average Bonchev–Trinajstić information content (AvgIpc) is 3.84. The van der Waals surface area contributed by atoms with Crippen molar-refractivity contribution in [3.05, 3.63) is 200 Å². The molecule has 11 aromatic rings. The SMILES string of the molecule is c1ccc(-c2ccc(N(c3ccc(-c4cccc5c4sc4ccccc45)cc3)c3c(-c4ccccc4)ccc4oc5ccc6ccccc6c5c34)cc2)cc1. The van der Waals surface area contributed by atoms with Gasteiger partial charge in [0.25, 0.3) is 0 Å². The van der Waals surface area contributed by atoms with E-state index >= 15 is 0 Å². The number of nitrogens with zero attached hydrogens (tertiary/aromatic N) is 1. The highest BCUT2D eigenvalue weighted by molar-refractivity contribution is 7.26. The van der Waals surface area contributed by atoms with Gasteiger partial charge in [-0.15, -0.1) is 11.3 Å². The molecule has 0 aliphatic carbocycles. The van der Waals surface area contributed by atoms with Crippen LogP contribution in [0, 0.1) is 0 Å². The van der Waals surface area contributed by atoms with E-state index in [2.05, 4.69) is 205 Å². The molecule has 0 unspecified atom stereocenters. The van der Waals surface area contributed by atoms with Crippen LogP contribution in [0.4, 0.5) is 17.1 Å². The third-order valence-corrected chi connectivity index (χ3v) is 12.1. The highest BCUT2D eigenvalue weighted by Gasteiger charge is 2.25. The lowest BCUT2D eigenvalue weighted by molar-refractivity contribution is 0.669. The Bertz CT molecular complexity index is 3180. The van der Waals surface area contributed by atoms with Gasteiger partial charge in [-0.05, 0) is 87.1 Å². The number of anilines is 3. The quantitative estimate of drug-likeness (QED) is 0.170. The van der Waals surface area contributed by atoms with Gasteiger partial charge >= 0.3 is 0 Å². The third-order valence-electron chi connectivity index (χ3n) is 10.9. The topological polar surface area (TPSA) is 16.4 Å². The van der Waals surface area contributed by atoms with Gasteiger partial charge in [-0.25, -0.2) is 0 Å². The van der Waals surface area contributed by atoms with Crippen LogP contribution in [-0.4, -0.2) is 0 Å². The molecule has 9 aromatic carbocycles. The predicted octanol–water partition coefficient (Wildman–Crippen LogP) is 15.6. The maximum absolute atomic E-state index is 6.71. The minimum Gasteiger partial charge on any atom is -0.456 e. The second-order valence-corrected chi connectivity index (χ2v) is 15.1. The van der Waals surface area contributed by atoms with Crippen LogP contribution in [-0.2, 0) is 0 Å². The molecule has 0 aliphatic rings.